The molecular weight excluding hydrogens is 412 g/mol. The number of carbonyl (C=O) groups is 1. The third-order valence-electron chi connectivity index (χ3n) is 3.48. The zero-order valence-electron chi connectivity index (χ0n) is 11.7. The molecule has 2 aromatic carbocycles. The van der Waals surface area contributed by atoms with Crippen LogP contribution in [0.2, 0.25) is 0 Å². The highest BCUT2D eigenvalue weighted by Gasteiger charge is 2.18. The molecule has 1 saturated heterocycles. The lowest BCUT2D eigenvalue weighted by Crippen LogP contribution is -2.15. The standard InChI is InChI=1S/C17H14Br2O3/c18-12-3-6-16(19)15(9-12)17(20)11-1-4-13(5-2-11)22-14-7-8-21-10-14/h1-6,9,14H,7-8,10H2/t14-/m0/s1. The van der Waals surface area contributed by atoms with Crippen molar-refractivity contribution in [1.82, 2.24) is 0 Å². The molecule has 0 unspecified atom stereocenters. The predicted molar refractivity (Wildman–Crippen MR) is 91.6 cm³/mol. The molecular formula is C17H14Br2O3. The van der Waals surface area contributed by atoms with E-state index in [2.05, 4.69) is 31.9 Å². The summed E-state index contributed by atoms with van der Waals surface area (Å²) in [6.07, 6.45) is 1.02. The lowest BCUT2D eigenvalue weighted by Gasteiger charge is -2.12. The average molecular weight is 426 g/mol. The molecule has 3 nitrogen and oxygen atoms in total. The van der Waals surface area contributed by atoms with Crippen LogP contribution in [-0.2, 0) is 4.74 Å². The lowest BCUT2D eigenvalue weighted by molar-refractivity contribution is 0.103. The quantitative estimate of drug-likeness (QED) is 0.671. The second-order valence-corrected chi connectivity index (χ2v) is 6.85. The van der Waals surface area contributed by atoms with Crippen LogP contribution >= 0.6 is 31.9 Å². The summed E-state index contributed by atoms with van der Waals surface area (Å²) in [5, 5.41) is 0. The maximum absolute atomic E-state index is 12.6. The Balaban J connectivity index is 1.77. The van der Waals surface area contributed by atoms with Gasteiger partial charge in [0.05, 0.1) is 13.2 Å². The number of rotatable bonds is 4. The zero-order chi connectivity index (χ0) is 15.5. The smallest absolute Gasteiger partial charge is 0.194 e. The van der Waals surface area contributed by atoms with E-state index >= 15 is 0 Å². The molecule has 1 atom stereocenters. The van der Waals surface area contributed by atoms with E-state index in [9.17, 15) is 4.79 Å². The van der Waals surface area contributed by atoms with Gasteiger partial charge in [-0.2, -0.15) is 0 Å². The highest BCUT2D eigenvalue weighted by atomic mass is 79.9. The van der Waals surface area contributed by atoms with E-state index in [1.54, 1.807) is 12.1 Å². The van der Waals surface area contributed by atoms with Crippen molar-refractivity contribution in [3.8, 4) is 5.75 Å². The number of hydrogen-bond donors (Lipinski definition) is 0. The fourth-order valence-corrected chi connectivity index (χ4v) is 3.10. The van der Waals surface area contributed by atoms with Crippen LogP contribution in [0.3, 0.4) is 0 Å². The van der Waals surface area contributed by atoms with Crippen molar-refractivity contribution in [1.29, 1.82) is 0 Å². The average Bonchev–Trinajstić information content (AvgIpc) is 3.03. The van der Waals surface area contributed by atoms with Crippen LogP contribution in [-0.4, -0.2) is 25.1 Å². The van der Waals surface area contributed by atoms with Crippen molar-refractivity contribution in [2.45, 2.75) is 12.5 Å². The van der Waals surface area contributed by atoms with E-state index in [0.717, 1.165) is 27.7 Å². The van der Waals surface area contributed by atoms with Gasteiger partial charge in [-0.15, -0.1) is 0 Å². The van der Waals surface area contributed by atoms with Crippen molar-refractivity contribution in [3.05, 3.63) is 62.5 Å². The summed E-state index contributed by atoms with van der Waals surface area (Å²) in [5.74, 6) is 0.740. The molecule has 0 N–H and O–H groups in total. The van der Waals surface area contributed by atoms with E-state index in [-0.39, 0.29) is 11.9 Å². The van der Waals surface area contributed by atoms with Crippen LogP contribution < -0.4 is 4.74 Å². The summed E-state index contributed by atoms with van der Waals surface area (Å²) in [4.78, 5) is 12.6. The molecule has 0 aromatic heterocycles. The molecule has 0 saturated carbocycles. The second kappa shape index (κ2) is 6.94. The van der Waals surface area contributed by atoms with Crippen molar-refractivity contribution in [3.63, 3.8) is 0 Å². The van der Waals surface area contributed by atoms with Crippen LogP contribution in [0, 0.1) is 0 Å². The van der Waals surface area contributed by atoms with E-state index < -0.39 is 0 Å². The minimum Gasteiger partial charge on any atom is -0.488 e. The van der Waals surface area contributed by atoms with E-state index in [0.29, 0.717) is 17.7 Å². The van der Waals surface area contributed by atoms with Gasteiger partial charge in [0.15, 0.2) is 5.78 Å². The van der Waals surface area contributed by atoms with Gasteiger partial charge < -0.3 is 9.47 Å². The fraction of sp³-hybridized carbons (Fsp3) is 0.235. The first-order valence-corrected chi connectivity index (χ1v) is 8.56. The summed E-state index contributed by atoms with van der Waals surface area (Å²) in [5.41, 5.74) is 1.26. The Morgan fingerprint density at radius 3 is 2.59 bits per heavy atom. The van der Waals surface area contributed by atoms with Gasteiger partial charge in [-0.1, -0.05) is 31.9 Å². The van der Waals surface area contributed by atoms with Crippen molar-refractivity contribution >= 4 is 37.6 Å². The van der Waals surface area contributed by atoms with Crippen molar-refractivity contribution in [2.75, 3.05) is 13.2 Å². The molecule has 1 aliphatic heterocycles. The van der Waals surface area contributed by atoms with Crippen LogP contribution in [0.15, 0.2) is 51.4 Å². The molecule has 114 valence electrons. The first kappa shape index (κ1) is 15.7. The molecule has 5 heteroatoms. The molecule has 0 spiro atoms. The number of ether oxygens (including phenoxy) is 2. The third kappa shape index (κ3) is 3.59. The Morgan fingerprint density at radius 2 is 1.91 bits per heavy atom. The maximum atomic E-state index is 12.6. The molecule has 1 fully saturated rings. The Labute approximate surface area is 145 Å². The minimum atomic E-state index is -0.0241. The highest BCUT2D eigenvalue weighted by Crippen LogP contribution is 2.25. The van der Waals surface area contributed by atoms with Gasteiger partial charge in [0.25, 0.3) is 0 Å². The van der Waals surface area contributed by atoms with Crippen LogP contribution in [0.5, 0.6) is 5.75 Å². The monoisotopic (exact) mass is 424 g/mol. The summed E-state index contributed by atoms with van der Waals surface area (Å²) >= 11 is 6.81. The van der Waals surface area contributed by atoms with E-state index in [1.165, 1.54) is 0 Å². The SMILES string of the molecule is O=C(c1ccc(O[C@H]2CCOC2)cc1)c1cc(Br)ccc1Br. The number of ketones is 1. The van der Waals surface area contributed by atoms with Gasteiger partial charge in [0.2, 0.25) is 0 Å². The Morgan fingerprint density at radius 1 is 1.14 bits per heavy atom. The molecule has 0 radical (unpaired) electrons. The molecule has 3 rings (SSSR count). The molecule has 22 heavy (non-hydrogen) atoms. The van der Waals surface area contributed by atoms with Gasteiger partial charge in [-0.3, -0.25) is 4.79 Å². The van der Waals surface area contributed by atoms with Crippen molar-refractivity contribution < 1.29 is 14.3 Å². The number of hydrogen-bond acceptors (Lipinski definition) is 3. The largest absolute Gasteiger partial charge is 0.488 e. The van der Waals surface area contributed by atoms with Crippen LogP contribution in [0.1, 0.15) is 22.3 Å². The van der Waals surface area contributed by atoms with Gasteiger partial charge >= 0.3 is 0 Å². The lowest BCUT2D eigenvalue weighted by atomic mass is 10.0. The third-order valence-corrected chi connectivity index (χ3v) is 4.66. The topological polar surface area (TPSA) is 35.5 Å². The maximum Gasteiger partial charge on any atom is 0.194 e. The highest BCUT2D eigenvalue weighted by molar-refractivity contribution is 9.11. The Bertz CT molecular complexity index is 677. The number of halogens is 2. The normalized spacial score (nSPS) is 17.5. The van der Waals surface area contributed by atoms with E-state index in [4.69, 9.17) is 9.47 Å². The fourth-order valence-electron chi connectivity index (χ4n) is 2.31. The van der Waals surface area contributed by atoms with Crippen LogP contribution in [0.4, 0.5) is 0 Å². The predicted octanol–water partition coefficient (Wildman–Crippen LogP) is 4.61. The molecule has 0 bridgehead atoms. The van der Waals surface area contributed by atoms with Gasteiger partial charge in [-0.25, -0.2) is 0 Å². The van der Waals surface area contributed by atoms with Crippen LogP contribution in [0.25, 0.3) is 0 Å². The molecule has 2 aromatic rings. The summed E-state index contributed by atoms with van der Waals surface area (Å²) in [7, 11) is 0. The summed E-state index contributed by atoms with van der Waals surface area (Å²) in [6.45, 7) is 1.38. The number of benzene rings is 2. The molecule has 0 amide bonds. The van der Waals surface area contributed by atoms with Gasteiger partial charge in [0, 0.05) is 26.5 Å². The Kier molecular flexibility index (Phi) is 4.96. The van der Waals surface area contributed by atoms with Gasteiger partial charge in [0.1, 0.15) is 11.9 Å². The summed E-state index contributed by atoms with van der Waals surface area (Å²) < 4.78 is 12.7. The molecule has 1 aliphatic rings. The summed E-state index contributed by atoms with van der Waals surface area (Å²) in [6, 6.07) is 12.8. The van der Waals surface area contributed by atoms with Crippen molar-refractivity contribution in [2.24, 2.45) is 0 Å². The first-order chi connectivity index (χ1) is 10.6. The Hall–Kier alpha value is -1.17. The minimum absolute atomic E-state index is 0.0241. The molecule has 0 aliphatic carbocycles. The van der Waals surface area contributed by atoms with Gasteiger partial charge in [-0.05, 0) is 42.5 Å². The second-order valence-electron chi connectivity index (χ2n) is 5.08. The first-order valence-electron chi connectivity index (χ1n) is 6.98. The number of carbonyl (C=O) groups excluding carboxylic acids is 1. The van der Waals surface area contributed by atoms with E-state index in [1.807, 2.05) is 30.3 Å². The zero-order valence-corrected chi connectivity index (χ0v) is 14.9. The molecule has 1 heterocycles.